The molecule has 2 N–H and O–H groups in total. The fourth-order valence-electron chi connectivity index (χ4n) is 2.75. The first-order valence-electron chi connectivity index (χ1n) is 7.97. The van der Waals surface area contributed by atoms with Crippen LogP contribution in [0, 0.1) is 0 Å². The molecule has 1 aromatic rings. The lowest BCUT2D eigenvalue weighted by atomic mass is 10.0. The predicted octanol–water partition coefficient (Wildman–Crippen LogP) is 1.80. The highest BCUT2D eigenvalue weighted by Gasteiger charge is 2.17. The van der Waals surface area contributed by atoms with Crippen LogP contribution < -0.4 is 15.5 Å². The van der Waals surface area contributed by atoms with Crippen LogP contribution in [0.15, 0.2) is 18.3 Å². The number of anilines is 1. The quantitative estimate of drug-likeness (QED) is 0.839. The normalized spacial score (nSPS) is 18.3. The molecular formula is C16H26N4O. The molecule has 1 aromatic heterocycles. The van der Waals surface area contributed by atoms with E-state index in [1.807, 2.05) is 19.1 Å². The average Bonchev–Trinajstić information content (AvgIpc) is 2.54. The zero-order valence-electron chi connectivity index (χ0n) is 13.1. The van der Waals surface area contributed by atoms with Crippen LogP contribution in [-0.2, 0) is 0 Å². The van der Waals surface area contributed by atoms with Gasteiger partial charge >= 0.3 is 0 Å². The molecule has 0 aromatic carbocycles. The first-order valence-corrected chi connectivity index (χ1v) is 7.97. The van der Waals surface area contributed by atoms with Gasteiger partial charge in [0.1, 0.15) is 5.69 Å². The van der Waals surface area contributed by atoms with E-state index in [0.717, 1.165) is 25.3 Å². The fraction of sp³-hybridized carbons (Fsp3) is 0.625. The zero-order chi connectivity index (χ0) is 15.1. The molecule has 2 heterocycles. The van der Waals surface area contributed by atoms with E-state index in [1.54, 1.807) is 6.20 Å². The number of nitrogens with one attached hydrogen (secondary N) is 2. The van der Waals surface area contributed by atoms with E-state index in [4.69, 9.17) is 0 Å². The van der Waals surface area contributed by atoms with Crippen molar-refractivity contribution in [2.75, 3.05) is 31.1 Å². The summed E-state index contributed by atoms with van der Waals surface area (Å²) in [5, 5.41) is 6.37. The number of rotatable bonds is 6. The Balaban J connectivity index is 2.06. The predicted molar refractivity (Wildman–Crippen MR) is 85.8 cm³/mol. The van der Waals surface area contributed by atoms with E-state index in [2.05, 4.69) is 27.4 Å². The second-order valence-electron chi connectivity index (χ2n) is 5.44. The fourth-order valence-corrected chi connectivity index (χ4v) is 2.75. The molecule has 5 heteroatoms. The van der Waals surface area contributed by atoms with Gasteiger partial charge in [-0.3, -0.25) is 9.78 Å². The highest BCUT2D eigenvalue weighted by Crippen LogP contribution is 2.17. The van der Waals surface area contributed by atoms with Gasteiger partial charge in [-0.2, -0.15) is 0 Å². The average molecular weight is 290 g/mol. The molecule has 116 valence electrons. The second kappa shape index (κ2) is 7.98. The summed E-state index contributed by atoms with van der Waals surface area (Å²) in [6, 6.07) is 4.41. The third kappa shape index (κ3) is 4.43. The monoisotopic (exact) mass is 290 g/mol. The first-order chi connectivity index (χ1) is 10.2. The number of carbonyl (C=O) groups is 1. The van der Waals surface area contributed by atoms with Crippen molar-refractivity contribution in [3.8, 4) is 0 Å². The molecule has 1 fully saturated rings. The number of piperidine rings is 1. The summed E-state index contributed by atoms with van der Waals surface area (Å²) in [4.78, 5) is 18.4. The third-order valence-corrected chi connectivity index (χ3v) is 3.91. The Morgan fingerprint density at radius 3 is 3.00 bits per heavy atom. The minimum Gasteiger partial charge on any atom is -0.370 e. The summed E-state index contributed by atoms with van der Waals surface area (Å²) in [5.41, 5.74) is 1.56. The third-order valence-electron chi connectivity index (χ3n) is 3.91. The standard InChI is InChI=1S/C16H26N4O/c1-3-17-16(21)15-11-14(8-10-19-15)20(4-2)12-13-7-5-6-9-18-13/h8,10-11,13,18H,3-7,9,12H2,1-2H3,(H,17,21). The Bertz CT molecular complexity index is 457. The van der Waals surface area contributed by atoms with Gasteiger partial charge in [-0.1, -0.05) is 6.42 Å². The van der Waals surface area contributed by atoms with Crippen LogP contribution in [0.1, 0.15) is 43.6 Å². The molecule has 1 aliphatic rings. The maximum Gasteiger partial charge on any atom is 0.269 e. The summed E-state index contributed by atoms with van der Waals surface area (Å²) < 4.78 is 0. The number of likely N-dealkylation sites (N-methyl/N-ethyl adjacent to an activating group) is 1. The Morgan fingerprint density at radius 2 is 2.33 bits per heavy atom. The van der Waals surface area contributed by atoms with Gasteiger partial charge in [0.25, 0.3) is 5.91 Å². The minimum atomic E-state index is -0.105. The van der Waals surface area contributed by atoms with Crippen molar-refractivity contribution < 1.29 is 4.79 Å². The van der Waals surface area contributed by atoms with Crippen molar-refractivity contribution in [2.24, 2.45) is 0 Å². The molecule has 0 aliphatic carbocycles. The molecule has 0 spiro atoms. The van der Waals surface area contributed by atoms with Gasteiger partial charge < -0.3 is 15.5 Å². The number of carbonyl (C=O) groups excluding carboxylic acids is 1. The summed E-state index contributed by atoms with van der Waals surface area (Å²) >= 11 is 0. The summed E-state index contributed by atoms with van der Waals surface area (Å²) in [6.45, 7) is 7.70. The van der Waals surface area contributed by atoms with Crippen LogP contribution in [0.3, 0.4) is 0 Å². The van der Waals surface area contributed by atoms with Crippen LogP contribution in [0.25, 0.3) is 0 Å². The van der Waals surface area contributed by atoms with Gasteiger partial charge in [-0.05, 0) is 45.4 Å². The summed E-state index contributed by atoms with van der Waals surface area (Å²) in [6.07, 6.45) is 5.52. The summed E-state index contributed by atoms with van der Waals surface area (Å²) in [5.74, 6) is -0.105. The van der Waals surface area contributed by atoms with E-state index >= 15 is 0 Å². The number of nitrogens with zero attached hydrogens (tertiary/aromatic N) is 2. The molecule has 2 rings (SSSR count). The van der Waals surface area contributed by atoms with Crippen LogP contribution in [0.2, 0.25) is 0 Å². The van der Waals surface area contributed by atoms with Crippen LogP contribution in [0.4, 0.5) is 5.69 Å². The SMILES string of the molecule is CCNC(=O)c1cc(N(CC)CC2CCCCN2)ccn1. The lowest BCUT2D eigenvalue weighted by Gasteiger charge is -2.31. The van der Waals surface area contributed by atoms with Gasteiger partial charge in [0, 0.05) is 37.6 Å². The van der Waals surface area contributed by atoms with E-state index in [1.165, 1.54) is 19.3 Å². The van der Waals surface area contributed by atoms with E-state index in [0.29, 0.717) is 18.3 Å². The van der Waals surface area contributed by atoms with Crippen molar-refractivity contribution in [1.29, 1.82) is 0 Å². The largest absolute Gasteiger partial charge is 0.370 e. The lowest BCUT2D eigenvalue weighted by Crippen LogP contribution is -2.43. The van der Waals surface area contributed by atoms with Gasteiger partial charge in [0.15, 0.2) is 0 Å². The number of amides is 1. The van der Waals surface area contributed by atoms with Crippen LogP contribution in [0.5, 0.6) is 0 Å². The van der Waals surface area contributed by atoms with Gasteiger partial charge in [0.05, 0.1) is 0 Å². The van der Waals surface area contributed by atoms with Crippen molar-refractivity contribution in [1.82, 2.24) is 15.6 Å². The van der Waals surface area contributed by atoms with Crippen molar-refractivity contribution in [3.63, 3.8) is 0 Å². The van der Waals surface area contributed by atoms with Crippen LogP contribution in [-0.4, -0.2) is 43.1 Å². The van der Waals surface area contributed by atoms with Gasteiger partial charge in [0.2, 0.25) is 0 Å². The molecule has 0 saturated carbocycles. The topological polar surface area (TPSA) is 57.3 Å². The van der Waals surface area contributed by atoms with Gasteiger partial charge in [-0.15, -0.1) is 0 Å². The molecule has 0 radical (unpaired) electrons. The highest BCUT2D eigenvalue weighted by atomic mass is 16.1. The molecule has 0 bridgehead atoms. The summed E-state index contributed by atoms with van der Waals surface area (Å²) in [7, 11) is 0. The molecule has 1 atom stereocenters. The highest BCUT2D eigenvalue weighted by molar-refractivity contribution is 5.93. The zero-order valence-corrected chi connectivity index (χ0v) is 13.1. The number of hydrogen-bond donors (Lipinski definition) is 2. The van der Waals surface area contributed by atoms with Crippen molar-refractivity contribution in [3.05, 3.63) is 24.0 Å². The van der Waals surface area contributed by atoms with Gasteiger partial charge in [-0.25, -0.2) is 0 Å². The number of pyridine rings is 1. The lowest BCUT2D eigenvalue weighted by molar-refractivity contribution is 0.0951. The first kappa shape index (κ1) is 15.8. The molecule has 1 aliphatic heterocycles. The Morgan fingerprint density at radius 1 is 1.48 bits per heavy atom. The smallest absolute Gasteiger partial charge is 0.269 e. The molecule has 1 amide bonds. The molecule has 1 unspecified atom stereocenters. The Hall–Kier alpha value is -1.62. The molecule has 21 heavy (non-hydrogen) atoms. The second-order valence-corrected chi connectivity index (χ2v) is 5.44. The minimum absolute atomic E-state index is 0.105. The van der Waals surface area contributed by atoms with Crippen molar-refractivity contribution >= 4 is 11.6 Å². The van der Waals surface area contributed by atoms with Crippen LogP contribution >= 0.6 is 0 Å². The Labute approximate surface area is 127 Å². The van der Waals surface area contributed by atoms with E-state index in [9.17, 15) is 4.79 Å². The maximum absolute atomic E-state index is 11.9. The Kier molecular flexibility index (Phi) is 5.99. The number of hydrogen-bond acceptors (Lipinski definition) is 4. The molecule has 1 saturated heterocycles. The van der Waals surface area contributed by atoms with E-state index in [-0.39, 0.29) is 5.91 Å². The maximum atomic E-state index is 11.9. The number of aromatic nitrogens is 1. The van der Waals surface area contributed by atoms with Crippen molar-refractivity contribution in [2.45, 2.75) is 39.2 Å². The molecular weight excluding hydrogens is 264 g/mol. The molecule has 5 nitrogen and oxygen atoms in total. The van der Waals surface area contributed by atoms with E-state index < -0.39 is 0 Å².